The topological polar surface area (TPSA) is 97.9 Å². The fourth-order valence-electron chi connectivity index (χ4n) is 4.77. The first-order valence-electron chi connectivity index (χ1n) is 12.6. The van der Waals surface area contributed by atoms with Crippen molar-refractivity contribution in [3.8, 4) is 0 Å². The number of hydrogen-bond acceptors (Lipinski definition) is 6. The number of carbonyl (C=O) groups is 2. The second-order valence-corrected chi connectivity index (χ2v) is 11.4. The second-order valence-electron chi connectivity index (χ2n) is 10.6. The summed E-state index contributed by atoms with van der Waals surface area (Å²) in [5, 5.41) is -0.0656. The molecule has 1 aliphatic carbocycles. The number of hydrogen-bond donors (Lipinski definition) is 1. The molecule has 0 bridgehead atoms. The summed E-state index contributed by atoms with van der Waals surface area (Å²) in [6.07, 6.45) is 1.54. The van der Waals surface area contributed by atoms with Crippen molar-refractivity contribution in [1.29, 1.82) is 0 Å². The molecule has 0 spiro atoms. The van der Waals surface area contributed by atoms with Gasteiger partial charge in [0.05, 0.1) is 52.0 Å². The zero-order valence-corrected chi connectivity index (χ0v) is 23.2. The van der Waals surface area contributed by atoms with E-state index in [2.05, 4.69) is 9.98 Å². The zero-order valence-electron chi connectivity index (χ0n) is 21.7. The maximum absolute atomic E-state index is 14.3. The number of carbonyl (C=O) groups excluding carboxylic acids is 2. The van der Waals surface area contributed by atoms with Gasteiger partial charge >= 0.3 is 6.18 Å². The summed E-state index contributed by atoms with van der Waals surface area (Å²) in [6.45, 7) is 5.24. The Morgan fingerprint density at radius 3 is 2.29 bits per heavy atom. The number of alkyl halides is 3. The lowest BCUT2D eigenvalue weighted by molar-refractivity contribution is -0.137. The number of ether oxygens (including phenoxy) is 1. The summed E-state index contributed by atoms with van der Waals surface area (Å²) in [4.78, 5) is 35.9. The highest BCUT2D eigenvalue weighted by molar-refractivity contribution is 6.39. The van der Waals surface area contributed by atoms with Crippen LogP contribution in [0.15, 0.2) is 29.2 Å². The van der Waals surface area contributed by atoms with Crippen LogP contribution >= 0.6 is 23.2 Å². The molecule has 38 heavy (non-hydrogen) atoms. The monoisotopic (exact) mass is 576 g/mol. The van der Waals surface area contributed by atoms with Crippen LogP contribution in [-0.4, -0.2) is 64.3 Å². The van der Waals surface area contributed by atoms with E-state index in [1.54, 1.807) is 0 Å². The lowest BCUT2D eigenvalue weighted by atomic mass is 9.87. The molecule has 2 aliphatic rings. The van der Waals surface area contributed by atoms with Crippen molar-refractivity contribution >= 4 is 40.6 Å². The van der Waals surface area contributed by atoms with E-state index >= 15 is 0 Å². The molecule has 2 fully saturated rings. The largest absolute Gasteiger partial charge is 0.433 e. The molecule has 210 valence electrons. The van der Waals surface area contributed by atoms with Crippen LogP contribution in [0.2, 0.25) is 10.0 Å². The minimum absolute atomic E-state index is 0.0285. The van der Waals surface area contributed by atoms with Gasteiger partial charge in [0.15, 0.2) is 11.5 Å². The van der Waals surface area contributed by atoms with Gasteiger partial charge in [0.2, 0.25) is 0 Å². The summed E-state index contributed by atoms with van der Waals surface area (Å²) >= 11 is 12.3. The van der Waals surface area contributed by atoms with Crippen molar-refractivity contribution < 1.29 is 27.5 Å². The van der Waals surface area contributed by atoms with E-state index in [0.29, 0.717) is 37.8 Å². The van der Waals surface area contributed by atoms with Gasteiger partial charge in [-0.25, -0.2) is 0 Å². The molecule has 2 heterocycles. The number of nitrogens with zero attached hydrogens (tertiary/aromatic N) is 3. The van der Waals surface area contributed by atoms with Gasteiger partial charge < -0.3 is 15.4 Å². The van der Waals surface area contributed by atoms with Crippen LogP contribution in [0.4, 0.5) is 13.2 Å². The third kappa shape index (κ3) is 7.48. The Morgan fingerprint density at radius 1 is 1.18 bits per heavy atom. The fraction of sp³-hybridized carbons (Fsp3) is 0.615. The number of aromatic nitrogens is 1. The normalized spacial score (nSPS) is 24.7. The Hall–Kier alpha value is -2.17. The molecule has 1 atom stereocenters. The molecular weight excluding hydrogens is 544 g/mol. The van der Waals surface area contributed by atoms with Gasteiger partial charge in [-0.3, -0.25) is 19.6 Å². The first kappa shape index (κ1) is 30.4. The van der Waals surface area contributed by atoms with Crippen molar-refractivity contribution in [2.75, 3.05) is 13.2 Å². The predicted molar refractivity (Wildman–Crippen MR) is 141 cm³/mol. The third-order valence-electron chi connectivity index (χ3n) is 7.11. The molecule has 1 unspecified atom stereocenters. The smallest absolute Gasteiger partial charge is 0.404 e. The highest BCUT2D eigenvalue weighted by atomic mass is 35.5. The molecule has 2 N–H and O–H groups in total. The van der Waals surface area contributed by atoms with E-state index < -0.39 is 53.4 Å². The van der Waals surface area contributed by atoms with E-state index in [1.165, 1.54) is 12.4 Å². The minimum atomic E-state index is -4.93. The van der Waals surface area contributed by atoms with Gasteiger partial charge in [-0.15, -0.1) is 0 Å². The molecule has 1 saturated carbocycles. The third-order valence-corrected chi connectivity index (χ3v) is 7.68. The van der Waals surface area contributed by atoms with Gasteiger partial charge in [0.1, 0.15) is 0 Å². The number of aliphatic imine (C=N–C) groups is 1. The molecular formula is C26H33Cl2F3N4O3. The van der Waals surface area contributed by atoms with Crippen LogP contribution in [0.25, 0.3) is 0 Å². The number of halogens is 5. The van der Waals surface area contributed by atoms with E-state index in [9.17, 15) is 22.8 Å². The SMILES string of the molecule is CC1CCC(N=C(C(=CN)C(=O)N(CC(=O)c2c(Cl)cncc2Cl)C2CCC(C)(C)OC2)C(F)(F)F)CC1. The second kappa shape index (κ2) is 12.3. The number of amides is 1. The Bertz CT molecular complexity index is 1070. The molecule has 3 rings (SSSR count). The molecule has 7 nitrogen and oxygen atoms in total. The summed E-state index contributed by atoms with van der Waals surface area (Å²) in [5.74, 6) is -1.30. The van der Waals surface area contributed by atoms with Gasteiger partial charge in [-0.1, -0.05) is 30.1 Å². The van der Waals surface area contributed by atoms with Crippen LogP contribution < -0.4 is 5.73 Å². The average Bonchev–Trinajstić information content (AvgIpc) is 2.83. The van der Waals surface area contributed by atoms with Crippen LogP contribution in [-0.2, 0) is 9.53 Å². The van der Waals surface area contributed by atoms with Gasteiger partial charge in [0.25, 0.3) is 5.91 Å². The molecule has 1 aromatic rings. The Balaban J connectivity index is 1.98. The Kier molecular flexibility index (Phi) is 9.87. The maximum Gasteiger partial charge on any atom is 0.433 e. The van der Waals surface area contributed by atoms with Crippen molar-refractivity contribution in [2.24, 2.45) is 16.6 Å². The summed E-state index contributed by atoms with van der Waals surface area (Å²) in [5.41, 5.74) is 2.96. The molecule has 1 saturated heterocycles. The van der Waals surface area contributed by atoms with Crippen molar-refractivity contribution in [3.05, 3.63) is 39.8 Å². The Morgan fingerprint density at radius 2 is 1.79 bits per heavy atom. The van der Waals surface area contributed by atoms with Crippen LogP contribution in [0.3, 0.4) is 0 Å². The number of ketones is 1. The van der Waals surface area contributed by atoms with Gasteiger partial charge in [-0.2, -0.15) is 13.2 Å². The first-order chi connectivity index (χ1) is 17.7. The van der Waals surface area contributed by atoms with Crippen molar-refractivity contribution in [3.63, 3.8) is 0 Å². The number of Topliss-reactive ketones (excluding diaryl/α,β-unsaturated/α-hetero) is 1. The minimum Gasteiger partial charge on any atom is -0.404 e. The molecule has 1 aromatic heterocycles. The number of rotatable bonds is 7. The van der Waals surface area contributed by atoms with Crippen LogP contribution in [0.1, 0.15) is 69.7 Å². The maximum atomic E-state index is 14.3. The first-order valence-corrected chi connectivity index (χ1v) is 13.3. The predicted octanol–water partition coefficient (Wildman–Crippen LogP) is 5.78. The molecule has 0 radical (unpaired) electrons. The van der Waals surface area contributed by atoms with E-state index in [-0.39, 0.29) is 22.2 Å². The van der Waals surface area contributed by atoms with Gasteiger partial charge in [0, 0.05) is 18.6 Å². The summed E-state index contributed by atoms with van der Waals surface area (Å²) < 4.78 is 48.6. The number of pyridine rings is 1. The van der Waals surface area contributed by atoms with E-state index in [1.807, 2.05) is 20.8 Å². The lowest BCUT2D eigenvalue weighted by Crippen LogP contribution is -2.52. The lowest BCUT2D eigenvalue weighted by Gasteiger charge is -2.40. The molecule has 12 heteroatoms. The molecule has 0 aromatic carbocycles. The fourth-order valence-corrected chi connectivity index (χ4v) is 5.35. The highest BCUT2D eigenvalue weighted by Gasteiger charge is 2.44. The molecule has 1 aliphatic heterocycles. The van der Waals surface area contributed by atoms with E-state index in [4.69, 9.17) is 33.7 Å². The zero-order chi connectivity index (χ0) is 28.3. The number of nitrogens with two attached hydrogens (primary N) is 1. The highest BCUT2D eigenvalue weighted by Crippen LogP contribution is 2.32. The van der Waals surface area contributed by atoms with Gasteiger partial charge in [-0.05, 0) is 58.3 Å². The Labute approximate surface area is 230 Å². The summed E-state index contributed by atoms with van der Waals surface area (Å²) in [7, 11) is 0. The summed E-state index contributed by atoms with van der Waals surface area (Å²) in [6, 6.07) is -1.26. The van der Waals surface area contributed by atoms with E-state index in [0.717, 1.165) is 17.7 Å². The average molecular weight is 577 g/mol. The molecule has 1 amide bonds. The van der Waals surface area contributed by atoms with Crippen LogP contribution in [0.5, 0.6) is 0 Å². The van der Waals surface area contributed by atoms with Crippen LogP contribution in [0, 0.1) is 5.92 Å². The van der Waals surface area contributed by atoms with Crippen molar-refractivity contribution in [1.82, 2.24) is 9.88 Å². The standard InChI is InChI=1S/C26H33Cl2F3N4O3/c1-15-4-6-16(7-5-15)34-23(26(29,30)31)18(10-32)24(37)35(17-8-9-25(2,3)38-14-17)13-21(36)22-19(27)11-33-12-20(22)28/h10-12,15-17H,4-9,13-14,32H2,1-3H3. The van der Waals surface area contributed by atoms with Crippen molar-refractivity contribution in [2.45, 2.75) is 83.2 Å². The quantitative estimate of drug-likeness (QED) is 0.252.